The molecule has 0 spiro atoms. The fourth-order valence-electron chi connectivity index (χ4n) is 2.95. The molecule has 1 heterocycles. The van der Waals surface area contributed by atoms with Crippen molar-refractivity contribution in [2.75, 3.05) is 6.54 Å². The number of carbonyl (C=O) groups is 1. The van der Waals surface area contributed by atoms with Crippen LogP contribution < -0.4 is 0 Å². The molecule has 1 aliphatic heterocycles. The normalized spacial score (nSPS) is 18.6. The van der Waals surface area contributed by atoms with Gasteiger partial charge in [-0.3, -0.25) is 4.79 Å². The molecule has 1 atom stereocenters. The standard InChI is InChI=1S/C18H19NO4S/c1-13-6-8-17(9-7-13)24(22,23)19-11-15-5-3-2-4-14(15)10-16(12-19)18(20)21/h2-9,16H,10-12H2,1H3,(H,20,21). The fourth-order valence-corrected chi connectivity index (χ4v) is 4.41. The van der Waals surface area contributed by atoms with E-state index in [2.05, 4.69) is 0 Å². The van der Waals surface area contributed by atoms with Gasteiger partial charge in [-0.25, -0.2) is 8.42 Å². The minimum absolute atomic E-state index is 0.0276. The molecule has 0 saturated carbocycles. The van der Waals surface area contributed by atoms with E-state index in [9.17, 15) is 18.3 Å². The van der Waals surface area contributed by atoms with Crippen molar-refractivity contribution in [2.24, 2.45) is 5.92 Å². The number of nitrogens with zero attached hydrogens (tertiary/aromatic N) is 1. The molecule has 126 valence electrons. The van der Waals surface area contributed by atoms with Gasteiger partial charge in [0.2, 0.25) is 10.0 Å². The Kier molecular flexibility index (Phi) is 4.43. The smallest absolute Gasteiger partial charge is 0.308 e. The van der Waals surface area contributed by atoms with E-state index < -0.39 is 21.9 Å². The van der Waals surface area contributed by atoms with E-state index >= 15 is 0 Å². The van der Waals surface area contributed by atoms with Crippen LogP contribution in [0.5, 0.6) is 0 Å². The minimum atomic E-state index is -3.74. The number of rotatable bonds is 3. The molecule has 0 radical (unpaired) electrons. The lowest BCUT2D eigenvalue weighted by molar-refractivity contribution is -0.141. The topological polar surface area (TPSA) is 74.7 Å². The summed E-state index contributed by atoms with van der Waals surface area (Å²) in [5, 5.41) is 9.46. The largest absolute Gasteiger partial charge is 0.481 e. The second-order valence-corrected chi connectivity index (χ2v) is 8.06. The van der Waals surface area contributed by atoms with Gasteiger partial charge in [0.15, 0.2) is 0 Å². The quantitative estimate of drug-likeness (QED) is 0.927. The van der Waals surface area contributed by atoms with Crippen LogP contribution >= 0.6 is 0 Å². The summed E-state index contributed by atoms with van der Waals surface area (Å²) in [4.78, 5) is 11.7. The average molecular weight is 345 g/mol. The second kappa shape index (κ2) is 6.37. The number of aryl methyl sites for hydroxylation is 1. The van der Waals surface area contributed by atoms with Crippen LogP contribution in [0.15, 0.2) is 53.4 Å². The molecule has 1 unspecified atom stereocenters. The molecule has 0 amide bonds. The first-order valence-corrected chi connectivity index (χ1v) is 9.18. The van der Waals surface area contributed by atoms with Crippen LogP contribution in [0.4, 0.5) is 0 Å². The predicted molar refractivity (Wildman–Crippen MR) is 90.0 cm³/mol. The second-order valence-electron chi connectivity index (χ2n) is 6.12. The molecule has 0 aromatic heterocycles. The number of benzene rings is 2. The number of carboxylic acids is 1. The molecule has 3 rings (SSSR count). The average Bonchev–Trinajstić information content (AvgIpc) is 2.75. The Balaban J connectivity index is 2.02. The number of aliphatic carboxylic acids is 1. The van der Waals surface area contributed by atoms with Gasteiger partial charge in [-0.05, 0) is 36.6 Å². The van der Waals surface area contributed by atoms with Gasteiger partial charge in [0.25, 0.3) is 0 Å². The first-order valence-electron chi connectivity index (χ1n) is 7.74. The molecular formula is C18H19NO4S. The summed E-state index contributed by atoms with van der Waals surface area (Å²) in [6.45, 7) is 2.05. The first kappa shape index (κ1) is 16.7. The molecule has 2 aromatic rings. The van der Waals surface area contributed by atoms with Crippen molar-refractivity contribution in [3.8, 4) is 0 Å². The van der Waals surface area contributed by atoms with Crippen molar-refractivity contribution in [1.29, 1.82) is 0 Å². The van der Waals surface area contributed by atoms with Crippen LogP contribution in [-0.4, -0.2) is 30.3 Å². The van der Waals surface area contributed by atoms with Gasteiger partial charge < -0.3 is 5.11 Å². The molecular weight excluding hydrogens is 326 g/mol. The van der Waals surface area contributed by atoms with E-state index in [1.807, 2.05) is 31.2 Å². The van der Waals surface area contributed by atoms with Crippen molar-refractivity contribution in [1.82, 2.24) is 4.31 Å². The molecule has 0 bridgehead atoms. The number of fused-ring (bicyclic) bond motifs is 1. The zero-order chi connectivity index (χ0) is 17.3. The van der Waals surface area contributed by atoms with Crippen LogP contribution in [0, 0.1) is 12.8 Å². The summed E-state index contributed by atoms with van der Waals surface area (Å²) in [6.07, 6.45) is 0.339. The zero-order valence-corrected chi connectivity index (χ0v) is 14.2. The fraction of sp³-hybridized carbons (Fsp3) is 0.278. The van der Waals surface area contributed by atoms with Gasteiger partial charge in [-0.1, -0.05) is 42.0 Å². The van der Waals surface area contributed by atoms with E-state index in [1.165, 1.54) is 4.31 Å². The Bertz CT molecular complexity index is 859. The molecule has 1 N–H and O–H groups in total. The molecule has 24 heavy (non-hydrogen) atoms. The third kappa shape index (κ3) is 3.20. The monoisotopic (exact) mass is 345 g/mol. The van der Waals surface area contributed by atoms with Gasteiger partial charge in [0.05, 0.1) is 10.8 Å². The third-order valence-corrected chi connectivity index (χ3v) is 6.19. The summed E-state index contributed by atoms with van der Waals surface area (Å²) in [5.74, 6) is -1.73. The Labute approximate surface area is 141 Å². The van der Waals surface area contributed by atoms with Gasteiger partial charge in [0.1, 0.15) is 0 Å². The lowest BCUT2D eigenvalue weighted by Gasteiger charge is -2.22. The maximum atomic E-state index is 13.0. The number of hydrogen-bond donors (Lipinski definition) is 1. The van der Waals surface area contributed by atoms with Crippen molar-refractivity contribution < 1.29 is 18.3 Å². The Morgan fingerprint density at radius 3 is 2.33 bits per heavy atom. The molecule has 0 aliphatic carbocycles. The molecule has 0 saturated heterocycles. The van der Waals surface area contributed by atoms with E-state index in [0.717, 1.165) is 16.7 Å². The summed E-state index contributed by atoms with van der Waals surface area (Å²) in [7, 11) is -3.74. The van der Waals surface area contributed by atoms with E-state index in [0.29, 0.717) is 6.42 Å². The van der Waals surface area contributed by atoms with Crippen molar-refractivity contribution in [3.05, 3.63) is 65.2 Å². The maximum absolute atomic E-state index is 13.0. The molecule has 1 aliphatic rings. The lowest BCUT2D eigenvalue weighted by Crippen LogP contribution is -2.36. The Morgan fingerprint density at radius 1 is 1.08 bits per heavy atom. The van der Waals surface area contributed by atoms with Gasteiger partial charge in [-0.2, -0.15) is 4.31 Å². The summed E-state index contributed by atoms with van der Waals surface area (Å²) < 4.78 is 27.2. The lowest BCUT2D eigenvalue weighted by atomic mass is 9.98. The highest BCUT2D eigenvalue weighted by Crippen LogP contribution is 2.27. The molecule has 6 heteroatoms. The SMILES string of the molecule is Cc1ccc(S(=O)(=O)N2Cc3ccccc3CC(C(=O)O)C2)cc1. The van der Waals surface area contributed by atoms with E-state index in [4.69, 9.17) is 0 Å². The van der Waals surface area contributed by atoms with Crippen molar-refractivity contribution >= 4 is 16.0 Å². The van der Waals surface area contributed by atoms with E-state index in [1.54, 1.807) is 24.3 Å². The van der Waals surface area contributed by atoms with Crippen LogP contribution in [0.2, 0.25) is 0 Å². The Morgan fingerprint density at radius 2 is 1.71 bits per heavy atom. The molecule has 5 nitrogen and oxygen atoms in total. The van der Waals surface area contributed by atoms with Crippen molar-refractivity contribution in [3.63, 3.8) is 0 Å². The molecule has 0 fully saturated rings. The van der Waals surface area contributed by atoms with Crippen LogP contribution in [0.1, 0.15) is 16.7 Å². The number of sulfonamides is 1. The van der Waals surface area contributed by atoms with Crippen LogP contribution in [0.25, 0.3) is 0 Å². The predicted octanol–water partition coefficient (Wildman–Crippen LogP) is 2.44. The van der Waals surface area contributed by atoms with Crippen molar-refractivity contribution in [2.45, 2.75) is 24.8 Å². The van der Waals surface area contributed by atoms with Crippen LogP contribution in [0.3, 0.4) is 0 Å². The molecule has 2 aromatic carbocycles. The number of carboxylic acid groups (broad SMARTS) is 1. The number of hydrogen-bond acceptors (Lipinski definition) is 3. The summed E-state index contributed by atoms with van der Waals surface area (Å²) in [5.41, 5.74) is 2.72. The van der Waals surface area contributed by atoms with Crippen LogP contribution in [-0.2, 0) is 27.8 Å². The first-order chi connectivity index (χ1) is 11.4. The van der Waals surface area contributed by atoms with Gasteiger partial charge in [-0.15, -0.1) is 0 Å². The van der Waals surface area contributed by atoms with Gasteiger partial charge in [0, 0.05) is 13.1 Å². The highest BCUT2D eigenvalue weighted by Gasteiger charge is 2.33. The summed E-state index contributed by atoms with van der Waals surface area (Å²) in [6, 6.07) is 14.0. The maximum Gasteiger partial charge on any atom is 0.308 e. The highest BCUT2D eigenvalue weighted by molar-refractivity contribution is 7.89. The minimum Gasteiger partial charge on any atom is -0.481 e. The Hall–Kier alpha value is -2.18. The van der Waals surface area contributed by atoms with E-state index in [-0.39, 0.29) is 18.0 Å². The third-order valence-electron chi connectivity index (χ3n) is 4.36. The highest BCUT2D eigenvalue weighted by atomic mass is 32.2. The van der Waals surface area contributed by atoms with Gasteiger partial charge >= 0.3 is 5.97 Å². The summed E-state index contributed by atoms with van der Waals surface area (Å²) >= 11 is 0. The zero-order valence-electron chi connectivity index (χ0n) is 13.3.